The van der Waals surface area contributed by atoms with Crippen LogP contribution in [-0.2, 0) is 10.2 Å². The molecule has 0 bridgehead atoms. The molecule has 1 heterocycles. The smallest absolute Gasteiger partial charge is 0.239 e. The molecular weight excluding hydrogens is 238 g/mol. The molecule has 0 saturated heterocycles. The van der Waals surface area contributed by atoms with Crippen LogP contribution in [0.5, 0.6) is 0 Å². The zero-order valence-corrected chi connectivity index (χ0v) is 10.4. The second kappa shape index (κ2) is 4.68. The molecule has 1 aromatic rings. The van der Waals surface area contributed by atoms with Crippen LogP contribution in [0.25, 0.3) is 0 Å². The van der Waals surface area contributed by atoms with Gasteiger partial charge in [0.15, 0.2) is 0 Å². The predicted octanol–water partition coefficient (Wildman–Crippen LogP) is 0.973. The van der Waals surface area contributed by atoms with Crippen molar-refractivity contribution in [1.82, 2.24) is 0 Å². The molecule has 0 radical (unpaired) electrons. The molecule has 0 saturated carbocycles. The molecule has 0 aromatic heterocycles. The Bertz CT molecular complexity index is 443. The molecule has 0 unspecified atom stereocenters. The van der Waals surface area contributed by atoms with Gasteiger partial charge in [0.25, 0.3) is 0 Å². The van der Waals surface area contributed by atoms with Crippen LogP contribution in [0.1, 0.15) is 12.5 Å². The first-order valence-electron chi connectivity index (χ1n) is 5.48. The minimum absolute atomic E-state index is 0.337. The SMILES string of the molecule is CCSc1ccc2c(c1)NC(=O)C2(CO)CO. The van der Waals surface area contributed by atoms with Crippen molar-refractivity contribution in [2.45, 2.75) is 17.2 Å². The van der Waals surface area contributed by atoms with Crippen molar-refractivity contribution >= 4 is 23.4 Å². The maximum absolute atomic E-state index is 11.8. The van der Waals surface area contributed by atoms with E-state index in [2.05, 4.69) is 12.2 Å². The Morgan fingerprint density at radius 3 is 2.65 bits per heavy atom. The number of rotatable bonds is 4. The van der Waals surface area contributed by atoms with Gasteiger partial charge >= 0.3 is 0 Å². The van der Waals surface area contributed by atoms with Crippen molar-refractivity contribution in [1.29, 1.82) is 0 Å². The van der Waals surface area contributed by atoms with Gasteiger partial charge in [-0.2, -0.15) is 0 Å². The first kappa shape index (κ1) is 12.4. The molecule has 0 fully saturated rings. The molecule has 1 aliphatic rings. The van der Waals surface area contributed by atoms with Gasteiger partial charge in [0.1, 0.15) is 5.41 Å². The van der Waals surface area contributed by atoms with Crippen molar-refractivity contribution in [2.75, 3.05) is 24.3 Å². The van der Waals surface area contributed by atoms with E-state index in [-0.39, 0.29) is 19.1 Å². The van der Waals surface area contributed by atoms with Gasteiger partial charge in [0.05, 0.1) is 13.2 Å². The van der Waals surface area contributed by atoms with Crippen molar-refractivity contribution in [3.63, 3.8) is 0 Å². The molecule has 0 aliphatic carbocycles. The Kier molecular flexibility index (Phi) is 3.42. The van der Waals surface area contributed by atoms with Crippen LogP contribution in [0, 0.1) is 0 Å². The third-order valence-corrected chi connectivity index (χ3v) is 3.92. The minimum atomic E-state index is -1.19. The van der Waals surface area contributed by atoms with Crippen LogP contribution in [-0.4, -0.2) is 35.1 Å². The first-order valence-corrected chi connectivity index (χ1v) is 6.47. The number of aliphatic hydroxyl groups is 2. The second-order valence-corrected chi connectivity index (χ2v) is 5.33. The molecule has 1 amide bonds. The number of aliphatic hydroxyl groups excluding tert-OH is 2. The molecule has 0 atom stereocenters. The summed E-state index contributed by atoms with van der Waals surface area (Å²) in [6.45, 7) is 1.29. The van der Waals surface area contributed by atoms with Gasteiger partial charge in [-0.3, -0.25) is 4.79 Å². The summed E-state index contributed by atoms with van der Waals surface area (Å²) in [6.07, 6.45) is 0. The van der Waals surface area contributed by atoms with E-state index in [4.69, 9.17) is 0 Å². The molecule has 1 aliphatic heterocycles. The number of thioether (sulfide) groups is 1. The summed E-state index contributed by atoms with van der Waals surface area (Å²) in [7, 11) is 0. The van der Waals surface area contributed by atoms with E-state index < -0.39 is 5.41 Å². The quantitative estimate of drug-likeness (QED) is 0.699. The summed E-state index contributed by atoms with van der Waals surface area (Å²) in [5, 5.41) is 21.5. The number of fused-ring (bicyclic) bond motifs is 1. The lowest BCUT2D eigenvalue weighted by Crippen LogP contribution is -2.41. The van der Waals surface area contributed by atoms with Crippen LogP contribution in [0.4, 0.5) is 5.69 Å². The number of amides is 1. The normalized spacial score (nSPS) is 16.8. The zero-order chi connectivity index (χ0) is 12.5. The minimum Gasteiger partial charge on any atom is -0.395 e. The van der Waals surface area contributed by atoms with Gasteiger partial charge in [-0.25, -0.2) is 0 Å². The van der Waals surface area contributed by atoms with Crippen molar-refractivity contribution < 1.29 is 15.0 Å². The summed E-state index contributed by atoms with van der Waals surface area (Å²) in [6, 6.07) is 5.60. The fourth-order valence-electron chi connectivity index (χ4n) is 2.03. The molecule has 17 heavy (non-hydrogen) atoms. The van der Waals surface area contributed by atoms with Crippen LogP contribution in [0.2, 0.25) is 0 Å². The van der Waals surface area contributed by atoms with Crippen LogP contribution >= 0.6 is 11.8 Å². The number of benzene rings is 1. The lowest BCUT2D eigenvalue weighted by atomic mass is 9.83. The van der Waals surface area contributed by atoms with Crippen molar-refractivity contribution in [3.05, 3.63) is 23.8 Å². The Morgan fingerprint density at radius 2 is 2.06 bits per heavy atom. The van der Waals surface area contributed by atoms with Gasteiger partial charge in [0, 0.05) is 10.6 Å². The topological polar surface area (TPSA) is 69.6 Å². The number of nitrogens with one attached hydrogen (secondary N) is 1. The third kappa shape index (κ3) is 1.84. The molecule has 2 rings (SSSR count). The highest BCUT2D eigenvalue weighted by atomic mass is 32.2. The Hall–Kier alpha value is -1.04. The van der Waals surface area contributed by atoms with Gasteiger partial charge in [-0.15, -0.1) is 11.8 Å². The van der Waals surface area contributed by atoms with Crippen LogP contribution in [0.3, 0.4) is 0 Å². The Morgan fingerprint density at radius 1 is 1.35 bits per heavy atom. The van der Waals surface area contributed by atoms with E-state index in [1.807, 2.05) is 12.1 Å². The van der Waals surface area contributed by atoms with Gasteiger partial charge in [-0.1, -0.05) is 13.0 Å². The van der Waals surface area contributed by atoms with E-state index in [9.17, 15) is 15.0 Å². The second-order valence-electron chi connectivity index (χ2n) is 3.99. The number of carbonyl (C=O) groups excluding carboxylic acids is 1. The van der Waals surface area contributed by atoms with E-state index >= 15 is 0 Å². The van der Waals surface area contributed by atoms with Crippen molar-refractivity contribution in [3.8, 4) is 0 Å². The highest BCUT2D eigenvalue weighted by molar-refractivity contribution is 7.99. The van der Waals surface area contributed by atoms with Crippen LogP contribution < -0.4 is 5.32 Å². The summed E-state index contributed by atoms with van der Waals surface area (Å²) >= 11 is 1.68. The van der Waals surface area contributed by atoms with Crippen LogP contribution in [0.15, 0.2) is 23.1 Å². The zero-order valence-electron chi connectivity index (χ0n) is 9.56. The van der Waals surface area contributed by atoms with E-state index in [0.717, 1.165) is 10.6 Å². The molecule has 4 nitrogen and oxygen atoms in total. The van der Waals surface area contributed by atoms with Gasteiger partial charge < -0.3 is 15.5 Å². The largest absolute Gasteiger partial charge is 0.395 e. The summed E-state index contributed by atoms with van der Waals surface area (Å²) < 4.78 is 0. The summed E-state index contributed by atoms with van der Waals surface area (Å²) in [4.78, 5) is 12.9. The average Bonchev–Trinajstić information content (AvgIpc) is 2.61. The fraction of sp³-hybridized carbons (Fsp3) is 0.417. The summed E-state index contributed by atoms with van der Waals surface area (Å²) in [5.74, 6) is 0.619. The molecular formula is C12H15NO3S. The highest BCUT2D eigenvalue weighted by Gasteiger charge is 2.46. The average molecular weight is 253 g/mol. The van der Waals surface area contributed by atoms with Gasteiger partial charge in [0.2, 0.25) is 5.91 Å². The monoisotopic (exact) mass is 253 g/mol. The molecule has 3 N–H and O–H groups in total. The Balaban J connectivity index is 2.45. The number of hydrogen-bond donors (Lipinski definition) is 3. The first-order chi connectivity index (χ1) is 8.17. The van der Waals surface area contributed by atoms with E-state index in [1.165, 1.54) is 0 Å². The standard InChI is InChI=1S/C12H15NO3S/c1-2-17-8-3-4-9-10(5-8)13-11(16)12(9,6-14)7-15/h3-5,14-15H,2,6-7H2,1H3,(H,13,16). The van der Waals surface area contributed by atoms with E-state index in [1.54, 1.807) is 17.8 Å². The summed E-state index contributed by atoms with van der Waals surface area (Å²) in [5.41, 5.74) is 0.176. The van der Waals surface area contributed by atoms with Gasteiger partial charge in [-0.05, 0) is 23.4 Å². The maximum Gasteiger partial charge on any atom is 0.239 e. The molecule has 92 valence electrons. The highest BCUT2D eigenvalue weighted by Crippen LogP contribution is 2.39. The lowest BCUT2D eigenvalue weighted by Gasteiger charge is -2.21. The third-order valence-electron chi connectivity index (χ3n) is 3.04. The Labute approximate surface area is 104 Å². The molecule has 0 spiro atoms. The molecule has 1 aromatic carbocycles. The van der Waals surface area contributed by atoms with Crippen molar-refractivity contribution in [2.24, 2.45) is 0 Å². The van der Waals surface area contributed by atoms with E-state index in [0.29, 0.717) is 11.3 Å². The number of carbonyl (C=O) groups is 1. The maximum atomic E-state index is 11.8. The molecule has 5 heteroatoms. The lowest BCUT2D eigenvalue weighted by molar-refractivity contribution is -0.123. The predicted molar refractivity (Wildman–Crippen MR) is 67.3 cm³/mol. The fourth-order valence-corrected chi connectivity index (χ4v) is 2.73. The number of anilines is 1. The number of hydrogen-bond acceptors (Lipinski definition) is 4.